The van der Waals surface area contributed by atoms with Crippen molar-refractivity contribution in [3.8, 4) is 0 Å². The average molecular weight is 244 g/mol. The molecule has 0 saturated carbocycles. The number of carboxylic acids is 1. The number of aromatic nitrogens is 3. The molecule has 3 N–H and O–H groups in total. The first kappa shape index (κ1) is 12.5. The largest absolute Gasteiger partial charge is 0.481 e. The topological polar surface area (TPSA) is 111 Å². The van der Waals surface area contributed by atoms with E-state index in [1.54, 1.807) is 0 Å². The van der Waals surface area contributed by atoms with E-state index in [-0.39, 0.29) is 12.3 Å². The lowest BCUT2D eigenvalue weighted by Gasteiger charge is -2.05. The van der Waals surface area contributed by atoms with E-state index >= 15 is 0 Å². The number of primary amides is 1. The third-order valence-corrected chi connectivity index (χ3v) is 2.70. The van der Waals surface area contributed by atoms with Crippen LogP contribution in [0.25, 0.3) is 0 Å². The summed E-state index contributed by atoms with van der Waals surface area (Å²) in [4.78, 5) is 21.3. The van der Waals surface area contributed by atoms with Crippen molar-refractivity contribution in [3.05, 3.63) is 5.82 Å². The van der Waals surface area contributed by atoms with Crippen LogP contribution in [0.4, 0.5) is 0 Å². The van der Waals surface area contributed by atoms with Crippen LogP contribution in [0.2, 0.25) is 0 Å². The van der Waals surface area contributed by atoms with E-state index in [0.29, 0.717) is 17.4 Å². The normalized spacial score (nSPS) is 10.3. The zero-order valence-electron chi connectivity index (χ0n) is 8.71. The van der Waals surface area contributed by atoms with Gasteiger partial charge in [0.05, 0.1) is 5.75 Å². The molecule has 1 heterocycles. The van der Waals surface area contributed by atoms with Gasteiger partial charge in [0.15, 0.2) is 5.16 Å². The van der Waals surface area contributed by atoms with Crippen molar-refractivity contribution in [2.24, 2.45) is 5.73 Å². The van der Waals surface area contributed by atoms with Crippen molar-refractivity contribution in [2.45, 2.75) is 25.0 Å². The Morgan fingerprint density at radius 1 is 1.50 bits per heavy atom. The molecular weight excluding hydrogens is 232 g/mol. The molecule has 0 atom stereocenters. The summed E-state index contributed by atoms with van der Waals surface area (Å²) in [5, 5.41) is 16.6. The molecule has 1 amide bonds. The number of carbonyl (C=O) groups is 2. The highest BCUT2D eigenvalue weighted by Crippen LogP contribution is 2.16. The first-order valence-corrected chi connectivity index (χ1v) is 5.58. The molecule has 0 aliphatic heterocycles. The summed E-state index contributed by atoms with van der Waals surface area (Å²) in [6.07, 6.45) is 0.605. The fourth-order valence-electron chi connectivity index (χ4n) is 1.13. The molecule has 1 aromatic rings. The van der Waals surface area contributed by atoms with Crippen LogP contribution in [0.1, 0.15) is 12.7 Å². The fraction of sp³-hybridized carbons (Fsp3) is 0.500. The van der Waals surface area contributed by atoms with Gasteiger partial charge in [-0.1, -0.05) is 18.7 Å². The molecule has 0 radical (unpaired) electrons. The highest BCUT2D eigenvalue weighted by atomic mass is 32.2. The molecule has 0 unspecified atom stereocenters. The molecule has 16 heavy (non-hydrogen) atoms. The summed E-state index contributed by atoms with van der Waals surface area (Å²) in [5.74, 6) is -0.962. The lowest BCUT2D eigenvalue weighted by Crippen LogP contribution is -2.20. The standard InChI is InChI=1S/C8H12N4O3S/c1-2-6-10-11-8(16-4-7(14)15)12(6)3-5(9)13/h2-4H2,1H3,(H2,9,13)(H,14,15). The highest BCUT2D eigenvalue weighted by Gasteiger charge is 2.14. The first-order chi connectivity index (χ1) is 7.54. The Kier molecular flexibility index (Phi) is 4.29. The molecule has 0 saturated heterocycles. The molecule has 0 fully saturated rings. The minimum atomic E-state index is -0.948. The predicted molar refractivity (Wildman–Crippen MR) is 57.0 cm³/mol. The molecule has 0 aliphatic rings. The number of nitrogens with two attached hydrogens (primary N) is 1. The lowest BCUT2D eigenvalue weighted by atomic mass is 10.4. The van der Waals surface area contributed by atoms with Gasteiger partial charge in [-0.2, -0.15) is 0 Å². The number of carboxylic acid groups (broad SMARTS) is 1. The van der Waals surface area contributed by atoms with E-state index in [1.807, 2.05) is 6.92 Å². The lowest BCUT2D eigenvalue weighted by molar-refractivity contribution is -0.133. The number of thioether (sulfide) groups is 1. The molecule has 1 rings (SSSR count). The average Bonchev–Trinajstić information content (AvgIpc) is 2.56. The van der Waals surface area contributed by atoms with Gasteiger partial charge in [0.25, 0.3) is 0 Å². The maximum absolute atomic E-state index is 10.8. The van der Waals surface area contributed by atoms with E-state index in [0.717, 1.165) is 11.8 Å². The first-order valence-electron chi connectivity index (χ1n) is 4.59. The molecule has 1 aromatic heterocycles. The second-order valence-electron chi connectivity index (χ2n) is 2.99. The Morgan fingerprint density at radius 2 is 2.19 bits per heavy atom. The van der Waals surface area contributed by atoms with Crippen molar-refractivity contribution in [1.29, 1.82) is 0 Å². The van der Waals surface area contributed by atoms with Crippen LogP contribution in [-0.2, 0) is 22.6 Å². The summed E-state index contributed by atoms with van der Waals surface area (Å²) in [6.45, 7) is 1.84. The maximum Gasteiger partial charge on any atom is 0.313 e. The number of aliphatic carboxylic acids is 1. The Hall–Kier alpha value is -1.57. The third-order valence-electron chi connectivity index (χ3n) is 1.75. The van der Waals surface area contributed by atoms with Crippen molar-refractivity contribution < 1.29 is 14.7 Å². The maximum atomic E-state index is 10.8. The Labute approximate surface area is 96.0 Å². The van der Waals surface area contributed by atoms with E-state index in [1.165, 1.54) is 4.57 Å². The van der Waals surface area contributed by atoms with Crippen LogP contribution in [0.5, 0.6) is 0 Å². The van der Waals surface area contributed by atoms with Crippen molar-refractivity contribution >= 4 is 23.6 Å². The molecule has 0 aliphatic carbocycles. The van der Waals surface area contributed by atoms with Crippen LogP contribution < -0.4 is 5.73 Å². The minimum Gasteiger partial charge on any atom is -0.481 e. The highest BCUT2D eigenvalue weighted by molar-refractivity contribution is 7.99. The van der Waals surface area contributed by atoms with Crippen LogP contribution in [0, 0.1) is 0 Å². The molecule has 0 bridgehead atoms. The van der Waals surface area contributed by atoms with Gasteiger partial charge in [0.2, 0.25) is 5.91 Å². The summed E-state index contributed by atoms with van der Waals surface area (Å²) >= 11 is 1.02. The van der Waals surface area contributed by atoms with Crippen LogP contribution in [0.15, 0.2) is 5.16 Å². The van der Waals surface area contributed by atoms with Crippen molar-refractivity contribution in [1.82, 2.24) is 14.8 Å². The number of carbonyl (C=O) groups excluding carboxylic acids is 1. The van der Waals surface area contributed by atoms with Gasteiger partial charge < -0.3 is 10.8 Å². The van der Waals surface area contributed by atoms with Crippen molar-refractivity contribution in [2.75, 3.05) is 5.75 Å². The van der Waals surface area contributed by atoms with Gasteiger partial charge in [-0.25, -0.2) is 0 Å². The Balaban J connectivity index is 2.86. The number of nitrogens with zero attached hydrogens (tertiary/aromatic N) is 3. The quantitative estimate of drug-likeness (QED) is 0.653. The SMILES string of the molecule is CCc1nnc(SCC(=O)O)n1CC(N)=O. The minimum absolute atomic E-state index is 0.0296. The smallest absolute Gasteiger partial charge is 0.313 e. The van der Waals surface area contributed by atoms with E-state index in [2.05, 4.69) is 10.2 Å². The van der Waals surface area contributed by atoms with Crippen LogP contribution in [0.3, 0.4) is 0 Å². The van der Waals surface area contributed by atoms with Gasteiger partial charge in [0, 0.05) is 6.42 Å². The van der Waals surface area contributed by atoms with Crippen LogP contribution >= 0.6 is 11.8 Å². The third kappa shape index (κ3) is 3.23. The molecule has 8 heteroatoms. The van der Waals surface area contributed by atoms with Gasteiger partial charge in [0.1, 0.15) is 12.4 Å². The molecular formula is C8H12N4O3S. The van der Waals surface area contributed by atoms with Gasteiger partial charge in [-0.15, -0.1) is 10.2 Å². The zero-order valence-corrected chi connectivity index (χ0v) is 9.53. The Morgan fingerprint density at radius 3 is 2.69 bits per heavy atom. The van der Waals surface area contributed by atoms with Crippen molar-refractivity contribution in [3.63, 3.8) is 0 Å². The van der Waals surface area contributed by atoms with E-state index in [9.17, 15) is 9.59 Å². The second-order valence-corrected chi connectivity index (χ2v) is 3.93. The Bertz CT molecular complexity index is 404. The molecule has 7 nitrogen and oxygen atoms in total. The van der Waals surface area contributed by atoms with Gasteiger partial charge >= 0.3 is 5.97 Å². The van der Waals surface area contributed by atoms with E-state index in [4.69, 9.17) is 10.8 Å². The number of amides is 1. The number of rotatable bonds is 6. The van der Waals surface area contributed by atoms with Gasteiger partial charge in [-0.3, -0.25) is 14.2 Å². The second kappa shape index (κ2) is 5.50. The number of aryl methyl sites for hydroxylation is 1. The molecule has 88 valence electrons. The number of hydrogen-bond acceptors (Lipinski definition) is 5. The summed E-state index contributed by atoms with van der Waals surface area (Å²) in [5.41, 5.74) is 5.09. The summed E-state index contributed by atoms with van der Waals surface area (Å²) < 4.78 is 1.54. The molecule has 0 spiro atoms. The van der Waals surface area contributed by atoms with E-state index < -0.39 is 11.9 Å². The monoisotopic (exact) mass is 244 g/mol. The number of hydrogen-bond donors (Lipinski definition) is 2. The van der Waals surface area contributed by atoms with Gasteiger partial charge in [-0.05, 0) is 0 Å². The molecule has 0 aromatic carbocycles. The fourth-order valence-corrected chi connectivity index (χ4v) is 1.81. The summed E-state index contributed by atoms with van der Waals surface area (Å²) in [6, 6.07) is 0. The predicted octanol–water partition coefficient (Wildman–Crippen LogP) is -0.498. The zero-order chi connectivity index (χ0) is 12.1. The van der Waals surface area contributed by atoms with Crippen LogP contribution in [-0.4, -0.2) is 37.5 Å². The summed E-state index contributed by atoms with van der Waals surface area (Å²) in [7, 11) is 0.